The Hall–Kier alpha value is -3.37. The highest BCUT2D eigenvalue weighted by Crippen LogP contribution is 2.48. The quantitative estimate of drug-likeness (QED) is 0.564. The van der Waals surface area contributed by atoms with Gasteiger partial charge in [-0.3, -0.25) is 4.79 Å². The molecule has 11 heteroatoms. The van der Waals surface area contributed by atoms with Crippen LogP contribution < -0.4 is 0 Å². The van der Waals surface area contributed by atoms with E-state index in [4.69, 9.17) is 0 Å². The maximum atomic E-state index is 13.9. The summed E-state index contributed by atoms with van der Waals surface area (Å²) in [4.78, 5) is 29.5. The SMILES string of the molecule is Cc1ccc(-n2nccn2)c(C(=O)N2C3CC(C3)[C@@H](C)C2CCc2ncc(C(F)(F)F)cn2)n1. The Labute approximate surface area is 194 Å². The summed E-state index contributed by atoms with van der Waals surface area (Å²) in [5.74, 6) is 0.941. The van der Waals surface area contributed by atoms with Crippen LogP contribution >= 0.6 is 0 Å². The molecule has 2 saturated heterocycles. The second kappa shape index (κ2) is 8.44. The highest BCUT2D eigenvalue weighted by molar-refractivity contribution is 5.96. The molecule has 2 aliphatic heterocycles. The third-order valence-corrected chi connectivity index (χ3v) is 7.03. The summed E-state index contributed by atoms with van der Waals surface area (Å²) in [6, 6.07) is 3.63. The molecule has 8 nitrogen and oxygen atoms in total. The van der Waals surface area contributed by atoms with Gasteiger partial charge in [-0.1, -0.05) is 6.92 Å². The molecule has 3 aliphatic rings. The molecule has 178 valence electrons. The Morgan fingerprint density at radius 2 is 1.79 bits per heavy atom. The molecule has 1 aliphatic carbocycles. The molecule has 2 atom stereocenters. The van der Waals surface area contributed by atoms with Gasteiger partial charge in [0.2, 0.25) is 0 Å². The van der Waals surface area contributed by atoms with Gasteiger partial charge in [0.15, 0.2) is 5.69 Å². The number of rotatable bonds is 5. The van der Waals surface area contributed by atoms with Crippen molar-refractivity contribution in [1.29, 1.82) is 0 Å². The van der Waals surface area contributed by atoms with E-state index in [1.165, 1.54) is 4.80 Å². The van der Waals surface area contributed by atoms with E-state index in [1.54, 1.807) is 18.5 Å². The molecule has 6 rings (SSSR count). The number of carbonyl (C=O) groups excluding carboxylic acids is 1. The average molecular weight is 471 g/mol. The fraction of sp³-hybridized carbons (Fsp3) is 0.478. The number of piperidine rings is 2. The van der Waals surface area contributed by atoms with Crippen molar-refractivity contribution >= 4 is 5.91 Å². The number of fused-ring (bicyclic) bond motifs is 2. The number of hydrogen-bond donors (Lipinski definition) is 0. The number of nitrogens with zero attached hydrogens (tertiary/aromatic N) is 7. The molecule has 1 unspecified atom stereocenters. The summed E-state index contributed by atoms with van der Waals surface area (Å²) in [5, 5.41) is 8.33. The van der Waals surface area contributed by atoms with Crippen molar-refractivity contribution in [3.8, 4) is 5.69 Å². The third-order valence-electron chi connectivity index (χ3n) is 7.03. The predicted molar refractivity (Wildman–Crippen MR) is 115 cm³/mol. The van der Waals surface area contributed by atoms with Gasteiger partial charge in [-0.2, -0.15) is 23.4 Å². The topological polar surface area (TPSA) is 89.7 Å². The smallest absolute Gasteiger partial charge is 0.331 e. The summed E-state index contributed by atoms with van der Waals surface area (Å²) in [7, 11) is 0. The van der Waals surface area contributed by atoms with Gasteiger partial charge in [0.05, 0.1) is 18.0 Å². The molecule has 3 aromatic heterocycles. The van der Waals surface area contributed by atoms with E-state index in [2.05, 4.69) is 32.1 Å². The first-order chi connectivity index (χ1) is 16.2. The van der Waals surface area contributed by atoms with Gasteiger partial charge >= 0.3 is 6.18 Å². The zero-order valence-electron chi connectivity index (χ0n) is 18.8. The second-order valence-corrected chi connectivity index (χ2v) is 9.09. The summed E-state index contributed by atoms with van der Waals surface area (Å²) in [6.45, 7) is 3.97. The van der Waals surface area contributed by atoms with Crippen LogP contribution in [0.5, 0.6) is 0 Å². The molecule has 0 spiro atoms. The number of pyridine rings is 1. The van der Waals surface area contributed by atoms with Crippen LogP contribution in [-0.2, 0) is 12.6 Å². The Morgan fingerprint density at radius 3 is 2.44 bits per heavy atom. The molecule has 3 fully saturated rings. The zero-order chi connectivity index (χ0) is 24.0. The highest BCUT2D eigenvalue weighted by Gasteiger charge is 2.51. The van der Waals surface area contributed by atoms with Gasteiger partial charge in [0, 0.05) is 36.6 Å². The fourth-order valence-corrected chi connectivity index (χ4v) is 5.08. The van der Waals surface area contributed by atoms with Crippen LogP contribution in [0.25, 0.3) is 5.69 Å². The zero-order valence-corrected chi connectivity index (χ0v) is 18.8. The Kier molecular flexibility index (Phi) is 5.57. The molecule has 1 amide bonds. The molecule has 1 saturated carbocycles. The lowest BCUT2D eigenvalue weighted by Crippen LogP contribution is -2.63. The van der Waals surface area contributed by atoms with Crippen LogP contribution in [0.4, 0.5) is 13.2 Å². The van der Waals surface area contributed by atoms with E-state index in [0.29, 0.717) is 41.7 Å². The first-order valence-electron chi connectivity index (χ1n) is 11.3. The summed E-state index contributed by atoms with van der Waals surface area (Å²) in [5.41, 5.74) is 0.653. The molecule has 0 aromatic carbocycles. The summed E-state index contributed by atoms with van der Waals surface area (Å²) in [6.07, 6.45) is 3.07. The Bertz CT molecular complexity index is 1170. The van der Waals surface area contributed by atoms with Crippen molar-refractivity contribution in [1.82, 2.24) is 34.8 Å². The van der Waals surface area contributed by atoms with Crippen LogP contribution in [-0.4, -0.2) is 52.8 Å². The molecular formula is C23H24F3N7O. The van der Waals surface area contributed by atoms with E-state index in [1.807, 2.05) is 17.9 Å². The molecule has 0 radical (unpaired) electrons. The maximum absolute atomic E-state index is 13.9. The first-order valence-corrected chi connectivity index (χ1v) is 11.3. The molecule has 2 bridgehead atoms. The number of alkyl halides is 3. The number of carbonyl (C=O) groups is 1. The van der Waals surface area contributed by atoms with Crippen molar-refractivity contribution in [2.24, 2.45) is 11.8 Å². The lowest BCUT2D eigenvalue weighted by molar-refractivity contribution is -0.138. The van der Waals surface area contributed by atoms with Crippen molar-refractivity contribution in [3.05, 3.63) is 59.7 Å². The molecular weight excluding hydrogens is 447 g/mol. The Balaban J connectivity index is 1.40. The lowest BCUT2D eigenvalue weighted by atomic mass is 9.64. The molecule has 34 heavy (non-hydrogen) atoms. The average Bonchev–Trinajstić information content (AvgIpc) is 3.31. The number of aryl methyl sites for hydroxylation is 2. The largest absolute Gasteiger partial charge is 0.419 e. The van der Waals surface area contributed by atoms with E-state index in [0.717, 1.165) is 25.2 Å². The first kappa shape index (κ1) is 22.4. The second-order valence-electron chi connectivity index (χ2n) is 9.09. The van der Waals surface area contributed by atoms with Gasteiger partial charge < -0.3 is 4.90 Å². The van der Waals surface area contributed by atoms with E-state index >= 15 is 0 Å². The highest BCUT2D eigenvalue weighted by atomic mass is 19.4. The van der Waals surface area contributed by atoms with Crippen molar-refractivity contribution in [3.63, 3.8) is 0 Å². The van der Waals surface area contributed by atoms with Gasteiger partial charge in [-0.15, -0.1) is 4.80 Å². The Morgan fingerprint density at radius 1 is 1.12 bits per heavy atom. The standard InChI is InChI=1S/C23H24F3N7O/c1-13-3-4-19(33-29-7-8-30-33)21(31-13)22(34)32-17-9-15(10-17)14(2)18(32)5-6-20-27-11-16(12-28-20)23(24,25)26/h3-4,7-8,11-12,14-15,17-18H,5-6,9-10H2,1-2H3/t14-,15?,17?,18?/m1/s1. The van der Waals surface area contributed by atoms with Crippen LogP contribution in [0.1, 0.15) is 53.8 Å². The van der Waals surface area contributed by atoms with Crippen LogP contribution in [0, 0.1) is 18.8 Å². The van der Waals surface area contributed by atoms with E-state index < -0.39 is 11.7 Å². The normalized spacial score (nSPS) is 24.1. The predicted octanol–water partition coefficient (Wildman–Crippen LogP) is 3.65. The van der Waals surface area contributed by atoms with E-state index in [9.17, 15) is 18.0 Å². The van der Waals surface area contributed by atoms with Gasteiger partial charge in [0.25, 0.3) is 5.91 Å². The maximum Gasteiger partial charge on any atom is 0.419 e. The summed E-state index contributed by atoms with van der Waals surface area (Å²) >= 11 is 0. The minimum absolute atomic E-state index is 0.0864. The van der Waals surface area contributed by atoms with Crippen LogP contribution in [0.3, 0.4) is 0 Å². The number of halogens is 3. The number of aromatic nitrogens is 6. The molecule has 0 N–H and O–H groups in total. The van der Waals surface area contributed by atoms with Crippen molar-refractivity contribution in [2.75, 3.05) is 0 Å². The van der Waals surface area contributed by atoms with Gasteiger partial charge in [-0.05, 0) is 50.2 Å². The fourth-order valence-electron chi connectivity index (χ4n) is 5.08. The van der Waals surface area contributed by atoms with Crippen molar-refractivity contribution < 1.29 is 18.0 Å². The van der Waals surface area contributed by atoms with E-state index in [-0.39, 0.29) is 23.9 Å². The minimum atomic E-state index is -4.47. The number of hydrogen-bond acceptors (Lipinski definition) is 6. The monoisotopic (exact) mass is 471 g/mol. The summed E-state index contributed by atoms with van der Waals surface area (Å²) < 4.78 is 38.5. The third kappa shape index (κ3) is 4.03. The molecule has 5 heterocycles. The van der Waals surface area contributed by atoms with Gasteiger partial charge in [-0.25, -0.2) is 15.0 Å². The van der Waals surface area contributed by atoms with Crippen LogP contribution in [0.15, 0.2) is 36.9 Å². The van der Waals surface area contributed by atoms with Crippen LogP contribution in [0.2, 0.25) is 0 Å². The lowest BCUT2D eigenvalue weighted by Gasteiger charge is -2.57. The van der Waals surface area contributed by atoms with Crippen molar-refractivity contribution in [2.45, 2.75) is 57.8 Å². The molecule has 3 aromatic rings. The minimum Gasteiger partial charge on any atom is -0.331 e. The number of amides is 1. The van der Waals surface area contributed by atoms with Gasteiger partial charge in [0.1, 0.15) is 11.5 Å².